The maximum atomic E-state index is 12.2. The third kappa shape index (κ3) is 4.56. The van der Waals surface area contributed by atoms with Crippen LogP contribution < -0.4 is 16.0 Å². The van der Waals surface area contributed by atoms with Crippen LogP contribution in [0.15, 0.2) is 60.9 Å². The lowest BCUT2D eigenvalue weighted by molar-refractivity contribution is -0.121. The van der Waals surface area contributed by atoms with Gasteiger partial charge in [0.2, 0.25) is 5.91 Å². The fourth-order valence-electron chi connectivity index (χ4n) is 3.88. The van der Waals surface area contributed by atoms with E-state index in [4.69, 9.17) is 12.2 Å². The largest absolute Gasteiger partial charge is 0.362 e. The summed E-state index contributed by atoms with van der Waals surface area (Å²) in [6.07, 6.45) is 7.08. The van der Waals surface area contributed by atoms with E-state index in [2.05, 4.69) is 45.3 Å². The van der Waals surface area contributed by atoms with Crippen LogP contribution in [-0.4, -0.2) is 33.2 Å². The predicted octanol–water partition coefficient (Wildman–Crippen LogP) is 3.93. The second-order valence-corrected chi connectivity index (χ2v) is 8.46. The van der Waals surface area contributed by atoms with Crippen molar-refractivity contribution < 1.29 is 4.79 Å². The molecule has 4 N–H and O–H groups in total. The lowest BCUT2D eigenvalue weighted by Gasteiger charge is -2.12. The van der Waals surface area contributed by atoms with E-state index in [1.165, 1.54) is 10.9 Å². The molecule has 1 amide bonds. The monoisotopic (exact) mass is 431 g/mol. The Balaban J connectivity index is 1.19. The number of nitrogens with zero attached hydrogens (tertiary/aromatic N) is 1. The third-order valence-electron chi connectivity index (χ3n) is 5.64. The first-order chi connectivity index (χ1) is 15.2. The molecule has 0 bridgehead atoms. The van der Waals surface area contributed by atoms with E-state index in [-0.39, 0.29) is 5.91 Å². The number of rotatable bonds is 7. The Labute approximate surface area is 186 Å². The fourth-order valence-corrected chi connectivity index (χ4v) is 4.10. The van der Waals surface area contributed by atoms with Gasteiger partial charge in [-0.25, -0.2) is 0 Å². The Kier molecular flexibility index (Phi) is 5.34. The summed E-state index contributed by atoms with van der Waals surface area (Å²) in [6.45, 7) is 1.07. The van der Waals surface area contributed by atoms with Crippen LogP contribution in [0.2, 0.25) is 0 Å². The van der Waals surface area contributed by atoms with Gasteiger partial charge in [-0.05, 0) is 66.7 Å². The zero-order valence-electron chi connectivity index (χ0n) is 17.2. The maximum absolute atomic E-state index is 12.2. The lowest BCUT2D eigenvalue weighted by Crippen LogP contribution is -2.30. The maximum Gasteiger partial charge on any atom is 0.240 e. The summed E-state index contributed by atoms with van der Waals surface area (Å²) in [4.78, 5) is 15.5. The molecule has 1 fully saturated rings. The Hall–Kier alpha value is -3.32. The highest BCUT2D eigenvalue weighted by Crippen LogP contribution is 2.22. The van der Waals surface area contributed by atoms with Gasteiger partial charge in [0.1, 0.15) is 6.54 Å². The quantitative estimate of drug-likeness (QED) is 0.335. The minimum atomic E-state index is 0.0628. The molecule has 0 saturated heterocycles. The molecule has 1 aliphatic carbocycles. The first-order valence-corrected chi connectivity index (χ1v) is 11.0. The van der Waals surface area contributed by atoms with E-state index in [9.17, 15) is 4.79 Å². The average Bonchev–Trinajstić information content (AvgIpc) is 3.35. The number of hydrogen-bond acceptors (Lipinski definition) is 2. The first-order valence-electron chi connectivity index (χ1n) is 10.6. The van der Waals surface area contributed by atoms with Crippen LogP contribution in [0.3, 0.4) is 0 Å². The van der Waals surface area contributed by atoms with Crippen molar-refractivity contribution >= 4 is 50.7 Å². The number of aromatic amines is 1. The van der Waals surface area contributed by atoms with Crippen LogP contribution in [0.4, 0.5) is 5.69 Å². The highest BCUT2D eigenvalue weighted by atomic mass is 32.1. The van der Waals surface area contributed by atoms with Crippen LogP contribution in [-0.2, 0) is 17.8 Å². The van der Waals surface area contributed by atoms with Gasteiger partial charge in [-0.1, -0.05) is 24.3 Å². The van der Waals surface area contributed by atoms with Crippen LogP contribution in [0.5, 0.6) is 0 Å². The second-order valence-electron chi connectivity index (χ2n) is 8.05. The topological polar surface area (TPSA) is 73.9 Å². The van der Waals surface area contributed by atoms with Crippen molar-refractivity contribution in [3.63, 3.8) is 0 Å². The summed E-state index contributed by atoms with van der Waals surface area (Å²) in [5, 5.41) is 12.5. The van der Waals surface area contributed by atoms with Crippen molar-refractivity contribution in [2.45, 2.75) is 31.8 Å². The van der Waals surface area contributed by atoms with Gasteiger partial charge in [0.05, 0.1) is 5.52 Å². The van der Waals surface area contributed by atoms with Crippen LogP contribution >= 0.6 is 12.2 Å². The first kappa shape index (κ1) is 19.6. The van der Waals surface area contributed by atoms with E-state index in [0.717, 1.165) is 47.9 Å². The summed E-state index contributed by atoms with van der Waals surface area (Å²) >= 11 is 5.49. The molecule has 0 unspecified atom stereocenters. The second kappa shape index (κ2) is 8.43. The number of para-hydroxylation sites is 1. The molecule has 0 spiro atoms. The van der Waals surface area contributed by atoms with Gasteiger partial charge in [-0.15, -0.1) is 0 Å². The Morgan fingerprint density at radius 1 is 1.16 bits per heavy atom. The standard InChI is InChI=1S/C24H25N5OS/c30-23(27-18-7-8-18)15-29-12-10-16-5-6-19(13-22(16)29)28-24(31)25-11-9-17-14-26-21-4-2-1-3-20(17)21/h1-6,10,12-14,18,26H,7-9,11,15H2,(H,27,30)(H2,25,28,31). The number of thiocarbonyl (C=S) groups is 1. The van der Waals surface area contributed by atoms with Crippen LogP contribution in [0.1, 0.15) is 18.4 Å². The number of carbonyl (C=O) groups is 1. The van der Waals surface area contributed by atoms with E-state index < -0.39 is 0 Å². The van der Waals surface area contributed by atoms with Crippen molar-refractivity contribution in [1.29, 1.82) is 0 Å². The number of nitrogens with one attached hydrogen (secondary N) is 4. The van der Waals surface area contributed by atoms with Gasteiger partial charge in [0.15, 0.2) is 5.11 Å². The summed E-state index contributed by atoms with van der Waals surface area (Å²) < 4.78 is 1.98. The molecule has 1 saturated carbocycles. The number of carbonyl (C=O) groups excluding carboxylic acids is 1. The minimum absolute atomic E-state index is 0.0628. The molecule has 2 heterocycles. The number of anilines is 1. The molecule has 7 heteroatoms. The number of hydrogen-bond donors (Lipinski definition) is 4. The van der Waals surface area contributed by atoms with Crippen LogP contribution in [0.25, 0.3) is 21.8 Å². The van der Waals surface area contributed by atoms with Crippen molar-refractivity contribution in [3.8, 4) is 0 Å². The number of amides is 1. The molecule has 31 heavy (non-hydrogen) atoms. The normalized spacial score (nSPS) is 13.4. The number of aromatic nitrogens is 2. The lowest BCUT2D eigenvalue weighted by atomic mass is 10.1. The molecule has 1 aliphatic rings. The zero-order valence-corrected chi connectivity index (χ0v) is 18.0. The van der Waals surface area contributed by atoms with E-state index in [1.807, 2.05) is 41.1 Å². The van der Waals surface area contributed by atoms with Crippen LogP contribution in [0, 0.1) is 0 Å². The number of fused-ring (bicyclic) bond motifs is 2. The molecule has 0 radical (unpaired) electrons. The Bertz CT molecular complexity index is 1250. The Morgan fingerprint density at radius 3 is 2.90 bits per heavy atom. The molecule has 0 atom stereocenters. The molecular formula is C24H25N5OS. The predicted molar refractivity (Wildman–Crippen MR) is 129 cm³/mol. The van der Waals surface area contributed by atoms with Gasteiger partial charge in [-0.2, -0.15) is 0 Å². The third-order valence-corrected chi connectivity index (χ3v) is 5.89. The average molecular weight is 432 g/mol. The van der Waals surface area contributed by atoms with Gasteiger partial charge >= 0.3 is 0 Å². The number of benzene rings is 2. The van der Waals surface area contributed by atoms with Gasteiger partial charge in [-0.3, -0.25) is 4.79 Å². The van der Waals surface area contributed by atoms with Gasteiger partial charge in [0, 0.05) is 41.6 Å². The van der Waals surface area contributed by atoms with Crippen molar-refractivity contribution in [3.05, 3.63) is 66.5 Å². The van der Waals surface area contributed by atoms with Gasteiger partial charge in [0.25, 0.3) is 0 Å². The van der Waals surface area contributed by atoms with Crippen molar-refractivity contribution in [2.24, 2.45) is 0 Å². The smallest absolute Gasteiger partial charge is 0.240 e. The SMILES string of the molecule is O=C(Cn1ccc2ccc(NC(=S)NCCc3c[nH]c4ccccc34)cc21)NC1CC1. The van der Waals surface area contributed by atoms with Crippen molar-refractivity contribution in [1.82, 2.24) is 20.2 Å². The van der Waals surface area contributed by atoms with Gasteiger partial charge < -0.3 is 25.5 Å². The van der Waals surface area contributed by atoms with Crippen molar-refractivity contribution in [2.75, 3.05) is 11.9 Å². The van der Waals surface area contributed by atoms with E-state index in [1.54, 1.807) is 0 Å². The molecular weight excluding hydrogens is 406 g/mol. The van der Waals surface area contributed by atoms with E-state index in [0.29, 0.717) is 17.7 Å². The highest BCUT2D eigenvalue weighted by Gasteiger charge is 2.23. The molecule has 2 aromatic heterocycles. The summed E-state index contributed by atoms with van der Waals surface area (Å²) in [5.74, 6) is 0.0628. The molecule has 5 rings (SSSR count). The summed E-state index contributed by atoms with van der Waals surface area (Å²) in [6, 6.07) is 16.8. The van der Waals surface area contributed by atoms with E-state index >= 15 is 0 Å². The number of H-pyrrole nitrogens is 1. The Morgan fingerprint density at radius 2 is 2.03 bits per heavy atom. The molecule has 2 aromatic carbocycles. The summed E-state index contributed by atoms with van der Waals surface area (Å²) in [5.41, 5.74) is 4.34. The zero-order chi connectivity index (χ0) is 21.2. The minimum Gasteiger partial charge on any atom is -0.362 e. The molecule has 4 aromatic rings. The molecule has 0 aliphatic heterocycles. The molecule has 6 nitrogen and oxygen atoms in total. The molecule has 158 valence electrons. The highest BCUT2D eigenvalue weighted by molar-refractivity contribution is 7.80. The fraction of sp³-hybridized carbons (Fsp3) is 0.250. The summed E-state index contributed by atoms with van der Waals surface area (Å²) in [7, 11) is 0.